The fourth-order valence-electron chi connectivity index (χ4n) is 10.1. The van der Waals surface area contributed by atoms with Crippen LogP contribution in [0.25, 0.3) is 32.9 Å². The monoisotopic (exact) mass is 647 g/mol. The largest absolute Gasteiger partial charge is 0.246 e. The van der Waals surface area contributed by atoms with Gasteiger partial charge in [-0.25, -0.2) is 4.98 Å². The maximum atomic E-state index is 6.02. The van der Waals surface area contributed by atoms with Crippen LogP contribution in [0.5, 0.6) is 0 Å². The Hall–Kier alpha value is -1.81. The van der Waals surface area contributed by atoms with Crippen LogP contribution >= 0.6 is 15.8 Å². The molecule has 4 fully saturated rings. The standard InChI is InChI=1S/C43H55NP2/c1-6-18-32(19-7-1)41-37-28-16-30-39(45(33-20-8-2-9-21-33)34-22-10-3-11-23-34)42(37)44-43-38(41)29-17-31-40(43)46(35-24-12-4-13-25-35)36-26-14-5-15-27-36/h1,6-7,16-19,28-31,33-36H,2-5,8-15,20-27H2. The van der Waals surface area contributed by atoms with Gasteiger partial charge in [0.05, 0.1) is 11.0 Å². The summed E-state index contributed by atoms with van der Waals surface area (Å²) < 4.78 is 0. The van der Waals surface area contributed by atoms with E-state index in [1.54, 1.807) is 10.6 Å². The molecule has 3 heteroatoms. The highest BCUT2D eigenvalue weighted by molar-refractivity contribution is 7.68. The van der Waals surface area contributed by atoms with Crippen molar-refractivity contribution in [1.29, 1.82) is 0 Å². The summed E-state index contributed by atoms with van der Waals surface area (Å²) in [6, 6.07) is 26.2. The molecule has 0 N–H and O–H groups in total. The van der Waals surface area contributed by atoms with E-state index in [1.165, 1.54) is 161 Å². The summed E-state index contributed by atoms with van der Waals surface area (Å²) in [7, 11) is -0.470. The number of nitrogens with zero attached hydrogens (tertiary/aromatic N) is 1. The fraction of sp³-hybridized carbons (Fsp3) is 0.558. The third kappa shape index (κ3) is 6.35. The second-order valence-electron chi connectivity index (χ2n) is 15.2. The van der Waals surface area contributed by atoms with Crippen LogP contribution < -0.4 is 10.6 Å². The van der Waals surface area contributed by atoms with Gasteiger partial charge in [-0.2, -0.15) is 0 Å². The highest BCUT2D eigenvalue weighted by atomic mass is 31.1. The van der Waals surface area contributed by atoms with Gasteiger partial charge in [-0.05, 0) is 79.6 Å². The number of fused-ring (bicyclic) bond motifs is 2. The van der Waals surface area contributed by atoms with E-state index in [9.17, 15) is 0 Å². The summed E-state index contributed by atoms with van der Waals surface area (Å²) in [6.07, 6.45) is 28.8. The van der Waals surface area contributed by atoms with E-state index in [4.69, 9.17) is 4.98 Å². The zero-order chi connectivity index (χ0) is 30.7. The molecule has 0 saturated heterocycles. The third-order valence-corrected chi connectivity index (χ3v) is 19.3. The van der Waals surface area contributed by atoms with E-state index in [0.717, 1.165) is 22.6 Å². The molecule has 242 valence electrons. The van der Waals surface area contributed by atoms with Crippen molar-refractivity contribution in [2.45, 2.75) is 151 Å². The van der Waals surface area contributed by atoms with E-state index in [-0.39, 0.29) is 15.8 Å². The zero-order valence-corrected chi connectivity index (χ0v) is 29.9. The maximum Gasteiger partial charge on any atom is 0.0793 e. The molecule has 4 aliphatic rings. The molecular weight excluding hydrogens is 592 g/mol. The van der Waals surface area contributed by atoms with E-state index in [2.05, 4.69) is 66.7 Å². The lowest BCUT2D eigenvalue weighted by atomic mass is 9.96. The Morgan fingerprint density at radius 1 is 0.391 bits per heavy atom. The first-order chi connectivity index (χ1) is 22.9. The third-order valence-electron chi connectivity index (χ3n) is 12.3. The summed E-state index contributed by atoms with van der Waals surface area (Å²) >= 11 is 0. The molecule has 0 spiro atoms. The number of para-hydroxylation sites is 2. The Kier molecular flexibility index (Phi) is 10.1. The molecule has 0 amide bonds. The van der Waals surface area contributed by atoms with E-state index in [0.29, 0.717) is 0 Å². The van der Waals surface area contributed by atoms with Gasteiger partial charge in [0, 0.05) is 26.9 Å². The van der Waals surface area contributed by atoms with Gasteiger partial charge in [0.2, 0.25) is 0 Å². The predicted octanol–water partition coefficient (Wildman–Crippen LogP) is 12.6. The predicted molar refractivity (Wildman–Crippen MR) is 205 cm³/mol. The number of pyridine rings is 1. The lowest BCUT2D eigenvalue weighted by molar-refractivity contribution is 0.487. The van der Waals surface area contributed by atoms with Gasteiger partial charge in [0.15, 0.2) is 0 Å². The second kappa shape index (κ2) is 14.8. The quantitative estimate of drug-likeness (QED) is 0.144. The number of aromatic nitrogens is 1. The maximum absolute atomic E-state index is 6.02. The Morgan fingerprint density at radius 2 is 0.761 bits per heavy atom. The lowest BCUT2D eigenvalue weighted by Crippen LogP contribution is -2.28. The fourth-order valence-corrected chi connectivity index (χ4v) is 17.9. The summed E-state index contributed by atoms with van der Waals surface area (Å²) in [6.45, 7) is 0. The molecule has 4 saturated carbocycles. The summed E-state index contributed by atoms with van der Waals surface area (Å²) in [5.41, 5.74) is 9.11. The van der Waals surface area contributed by atoms with Crippen LogP contribution in [0.15, 0.2) is 66.7 Å². The van der Waals surface area contributed by atoms with Gasteiger partial charge in [-0.15, -0.1) is 0 Å². The Balaban J connectivity index is 1.38. The van der Waals surface area contributed by atoms with Crippen LogP contribution in [-0.2, 0) is 0 Å². The van der Waals surface area contributed by atoms with Crippen LogP contribution in [0.3, 0.4) is 0 Å². The molecule has 1 heterocycles. The average molecular weight is 648 g/mol. The highest BCUT2D eigenvalue weighted by Gasteiger charge is 2.36. The SMILES string of the molecule is c1ccc(-c2c3cccc(P(C4CCCCC4)C4CCCCC4)c3nc3c(P(C4CCCCC4)C4CCCCC4)cccc23)cc1. The van der Waals surface area contributed by atoms with E-state index in [1.807, 2.05) is 0 Å². The van der Waals surface area contributed by atoms with Crippen LogP contribution in [0.1, 0.15) is 128 Å². The molecule has 0 unspecified atom stereocenters. The minimum Gasteiger partial charge on any atom is -0.246 e. The van der Waals surface area contributed by atoms with Crippen molar-refractivity contribution in [3.8, 4) is 11.1 Å². The minimum atomic E-state index is -0.235. The summed E-state index contributed by atoms with van der Waals surface area (Å²) in [5, 5.41) is 6.15. The number of benzene rings is 3. The Labute approximate surface area is 281 Å². The van der Waals surface area contributed by atoms with Crippen molar-refractivity contribution in [3.05, 3.63) is 66.7 Å². The van der Waals surface area contributed by atoms with E-state index >= 15 is 0 Å². The van der Waals surface area contributed by atoms with Gasteiger partial charge < -0.3 is 0 Å². The van der Waals surface area contributed by atoms with Crippen molar-refractivity contribution >= 4 is 48.3 Å². The van der Waals surface area contributed by atoms with Crippen LogP contribution in [-0.4, -0.2) is 27.6 Å². The number of rotatable bonds is 7. The Morgan fingerprint density at radius 3 is 1.13 bits per heavy atom. The Bertz CT molecular complexity index is 1460. The zero-order valence-electron chi connectivity index (χ0n) is 28.1. The average Bonchev–Trinajstić information content (AvgIpc) is 3.13. The molecule has 46 heavy (non-hydrogen) atoms. The molecule has 1 nitrogen and oxygen atoms in total. The summed E-state index contributed by atoms with van der Waals surface area (Å²) in [5.74, 6) is 0. The molecule has 0 aliphatic heterocycles. The molecular formula is C43H55NP2. The van der Waals surface area contributed by atoms with Crippen LogP contribution in [0.4, 0.5) is 0 Å². The van der Waals surface area contributed by atoms with Gasteiger partial charge in [0.1, 0.15) is 0 Å². The first-order valence-electron chi connectivity index (χ1n) is 19.3. The van der Waals surface area contributed by atoms with Crippen LogP contribution in [0, 0.1) is 0 Å². The molecule has 4 aliphatic carbocycles. The van der Waals surface area contributed by atoms with Crippen molar-refractivity contribution in [2.24, 2.45) is 0 Å². The normalized spacial score (nSPS) is 21.5. The molecule has 0 radical (unpaired) electrons. The second-order valence-corrected chi connectivity index (χ2v) is 20.7. The van der Waals surface area contributed by atoms with Crippen molar-refractivity contribution in [2.75, 3.05) is 0 Å². The van der Waals surface area contributed by atoms with Crippen molar-refractivity contribution in [1.82, 2.24) is 4.98 Å². The van der Waals surface area contributed by atoms with Crippen molar-refractivity contribution in [3.63, 3.8) is 0 Å². The van der Waals surface area contributed by atoms with Gasteiger partial charge in [-0.1, -0.05) is 160 Å². The first-order valence-corrected chi connectivity index (χ1v) is 22.3. The number of hydrogen-bond donors (Lipinski definition) is 0. The topological polar surface area (TPSA) is 12.9 Å². The van der Waals surface area contributed by atoms with Gasteiger partial charge >= 0.3 is 0 Å². The van der Waals surface area contributed by atoms with Gasteiger partial charge in [-0.3, -0.25) is 0 Å². The number of hydrogen-bond acceptors (Lipinski definition) is 1. The van der Waals surface area contributed by atoms with E-state index < -0.39 is 0 Å². The minimum absolute atomic E-state index is 0.235. The molecule has 3 aromatic carbocycles. The molecule has 1 aromatic heterocycles. The first kappa shape index (κ1) is 31.5. The smallest absolute Gasteiger partial charge is 0.0793 e. The molecule has 4 aromatic rings. The highest BCUT2D eigenvalue weighted by Crippen LogP contribution is 2.58. The molecule has 0 bridgehead atoms. The molecule has 0 atom stereocenters. The summed E-state index contributed by atoms with van der Waals surface area (Å²) in [4.78, 5) is 6.02. The lowest BCUT2D eigenvalue weighted by Gasteiger charge is -2.40. The van der Waals surface area contributed by atoms with Crippen molar-refractivity contribution < 1.29 is 0 Å². The molecule has 8 rings (SSSR count). The van der Waals surface area contributed by atoms with Gasteiger partial charge in [0.25, 0.3) is 0 Å². The van der Waals surface area contributed by atoms with Crippen LogP contribution in [0.2, 0.25) is 0 Å².